The standard InChI is InChI=1S/C23H31Cl2N3O4/c24-20-6-4-17(13-21(20)25)5-7-22(31)26-10-8-23(32)28(12-11-26)15-19(30)14-27-9-2-1-3-18(27)16-29/h4-7,13,18-19,29-30H,1-3,8-12,14-16H2. The fourth-order valence-corrected chi connectivity index (χ4v) is 4.57. The maximum atomic E-state index is 12.6. The van der Waals surface area contributed by atoms with Crippen molar-refractivity contribution in [2.24, 2.45) is 0 Å². The Morgan fingerprint density at radius 2 is 1.94 bits per heavy atom. The number of amides is 2. The number of benzene rings is 1. The molecule has 2 aliphatic rings. The molecule has 1 aromatic rings. The predicted octanol–water partition coefficient (Wildman–Crippen LogP) is 2.28. The Bertz CT molecular complexity index is 835. The summed E-state index contributed by atoms with van der Waals surface area (Å²) in [6.07, 6.45) is 5.75. The number of aliphatic hydroxyl groups excluding tert-OH is 2. The molecule has 0 spiro atoms. The quantitative estimate of drug-likeness (QED) is 0.581. The van der Waals surface area contributed by atoms with Crippen molar-refractivity contribution in [3.05, 3.63) is 39.9 Å². The van der Waals surface area contributed by atoms with Crippen molar-refractivity contribution in [2.75, 3.05) is 45.9 Å². The maximum Gasteiger partial charge on any atom is 0.246 e. The molecule has 0 bridgehead atoms. The lowest BCUT2D eigenvalue weighted by molar-refractivity contribution is -0.132. The third-order valence-electron chi connectivity index (χ3n) is 6.10. The van der Waals surface area contributed by atoms with E-state index in [2.05, 4.69) is 4.90 Å². The van der Waals surface area contributed by atoms with E-state index in [0.29, 0.717) is 36.2 Å². The Kier molecular flexibility index (Phi) is 9.37. The van der Waals surface area contributed by atoms with E-state index < -0.39 is 6.10 Å². The van der Waals surface area contributed by atoms with E-state index in [4.69, 9.17) is 23.2 Å². The Morgan fingerprint density at radius 3 is 2.69 bits per heavy atom. The van der Waals surface area contributed by atoms with Gasteiger partial charge in [0.05, 0.1) is 22.8 Å². The lowest BCUT2D eigenvalue weighted by Crippen LogP contribution is -2.49. The number of aliphatic hydroxyl groups is 2. The van der Waals surface area contributed by atoms with Crippen molar-refractivity contribution in [1.82, 2.24) is 14.7 Å². The maximum absolute atomic E-state index is 12.6. The van der Waals surface area contributed by atoms with Crippen LogP contribution in [0.25, 0.3) is 6.08 Å². The van der Waals surface area contributed by atoms with Crippen LogP contribution in [-0.4, -0.2) is 94.7 Å². The van der Waals surface area contributed by atoms with E-state index in [0.717, 1.165) is 31.4 Å². The second-order valence-electron chi connectivity index (χ2n) is 8.40. The number of hydrogen-bond acceptors (Lipinski definition) is 5. The van der Waals surface area contributed by atoms with Gasteiger partial charge in [0.2, 0.25) is 11.8 Å². The Hall–Kier alpha value is -1.64. The number of carbonyl (C=O) groups excluding carboxylic acids is 2. The fourth-order valence-electron chi connectivity index (χ4n) is 4.26. The number of rotatable bonds is 7. The predicted molar refractivity (Wildman–Crippen MR) is 126 cm³/mol. The molecule has 2 heterocycles. The first-order valence-electron chi connectivity index (χ1n) is 11.1. The summed E-state index contributed by atoms with van der Waals surface area (Å²) < 4.78 is 0. The fraction of sp³-hybridized carbons (Fsp3) is 0.565. The van der Waals surface area contributed by atoms with Gasteiger partial charge in [-0.05, 0) is 43.2 Å². The van der Waals surface area contributed by atoms with Crippen LogP contribution in [0.4, 0.5) is 0 Å². The van der Waals surface area contributed by atoms with E-state index in [1.807, 2.05) is 0 Å². The molecular weight excluding hydrogens is 453 g/mol. The number of likely N-dealkylation sites (tertiary alicyclic amines) is 1. The molecule has 7 nitrogen and oxygen atoms in total. The van der Waals surface area contributed by atoms with E-state index >= 15 is 0 Å². The van der Waals surface area contributed by atoms with Crippen LogP contribution >= 0.6 is 23.2 Å². The molecule has 2 fully saturated rings. The van der Waals surface area contributed by atoms with E-state index in [1.54, 1.807) is 34.1 Å². The van der Waals surface area contributed by atoms with E-state index in [9.17, 15) is 19.8 Å². The van der Waals surface area contributed by atoms with Crippen molar-refractivity contribution in [1.29, 1.82) is 0 Å². The number of nitrogens with zero attached hydrogens (tertiary/aromatic N) is 3. The highest BCUT2D eigenvalue weighted by Crippen LogP contribution is 2.23. The van der Waals surface area contributed by atoms with Crippen LogP contribution in [-0.2, 0) is 9.59 Å². The Morgan fingerprint density at radius 1 is 1.12 bits per heavy atom. The minimum absolute atomic E-state index is 0.0647. The number of halogens is 2. The molecule has 2 aliphatic heterocycles. The van der Waals surface area contributed by atoms with Crippen LogP contribution in [0.5, 0.6) is 0 Å². The van der Waals surface area contributed by atoms with Crippen molar-refractivity contribution >= 4 is 41.1 Å². The van der Waals surface area contributed by atoms with Crippen LogP contribution in [0.2, 0.25) is 10.0 Å². The number of carbonyl (C=O) groups is 2. The summed E-state index contributed by atoms with van der Waals surface area (Å²) in [7, 11) is 0. The minimum Gasteiger partial charge on any atom is -0.395 e. The lowest BCUT2D eigenvalue weighted by atomic mass is 10.0. The highest BCUT2D eigenvalue weighted by molar-refractivity contribution is 6.42. The zero-order chi connectivity index (χ0) is 23.1. The summed E-state index contributed by atoms with van der Waals surface area (Å²) in [5.74, 6) is -0.240. The second kappa shape index (κ2) is 12.0. The third-order valence-corrected chi connectivity index (χ3v) is 6.84. The molecule has 2 N–H and O–H groups in total. The molecule has 2 saturated heterocycles. The zero-order valence-electron chi connectivity index (χ0n) is 18.1. The molecule has 32 heavy (non-hydrogen) atoms. The second-order valence-corrected chi connectivity index (χ2v) is 9.22. The molecule has 0 radical (unpaired) electrons. The van der Waals surface area contributed by atoms with Crippen LogP contribution in [0.15, 0.2) is 24.3 Å². The minimum atomic E-state index is -0.692. The topological polar surface area (TPSA) is 84.3 Å². The van der Waals surface area contributed by atoms with Gasteiger partial charge in [0.15, 0.2) is 0 Å². The monoisotopic (exact) mass is 483 g/mol. The molecule has 1 aromatic carbocycles. The van der Waals surface area contributed by atoms with E-state index in [1.165, 1.54) is 6.08 Å². The largest absolute Gasteiger partial charge is 0.395 e. The van der Waals surface area contributed by atoms with Gasteiger partial charge in [-0.2, -0.15) is 0 Å². The third kappa shape index (κ3) is 6.93. The number of β-amino-alcohol motifs (C(OH)–C–C–N with tert-alkyl or cyclic N) is 1. The van der Waals surface area contributed by atoms with Crippen LogP contribution in [0, 0.1) is 0 Å². The molecule has 3 rings (SSSR count). The smallest absolute Gasteiger partial charge is 0.246 e. The summed E-state index contributed by atoms with van der Waals surface area (Å²) in [5.41, 5.74) is 0.766. The van der Waals surface area contributed by atoms with Crippen LogP contribution in [0.3, 0.4) is 0 Å². The van der Waals surface area contributed by atoms with Crippen molar-refractivity contribution < 1.29 is 19.8 Å². The number of piperidine rings is 1. The van der Waals surface area contributed by atoms with Gasteiger partial charge in [-0.15, -0.1) is 0 Å². The van der Waals surface area contributed by atoms with Crippen LogP contribution in [0.1, 0.15) is 31.2 Å². The molecular formula is C23H31Cl2N3O4. The molecule has 9 heteroatoms. The van der Waals surface area contributed by atoms with Gasteiger partial charge in [-0.3, -0.25) is 14.5 Å². The first-order chi connectivity index (χ1) is 15.4. The molecule has 2 unspecified atom stereocenters. The van der Waals surface area contributed by atoms with Gasteiger partial charge in [0.1, 0.15) is 0 Å². The first-order valence-corrected chi connectivity index (χ1v) is 11.9. The normalized spacial score (nSPS) is 21.8. The summed E-state index contributed by atoms with van der Waals surface area (Å²) in [6, 6.07) is 5.21. The van der Waals surface area contributed by atoms with Crippen LogP contribution < -0.4 is 0 Å². The number of hydrogen-bond donors (Lipinski definition) is 2. The lowest BCUT2D eigenvalue weighted by Gasteiger charge is -2.36. The van der Waals surface area contributed by atoms with Gasteiger partial charge in [0.25, 0.3) is 0 Å². The average molecular weight is 484 g/mol. The molecule has 2 amide bonds. The first kappa shape index (κ1) is 25.0. The molecule has 176 valence electrons. The highest BCUT2D eigenvalue weighted by Gasteiger charge is 2.27. The van der Waals surface area contributed by atoms with Gasteiger partial charge >= 0.3 is 0 Å². The summed E-state index contributed by atoms with van der Waals surface area (Å²) >= 11 is 11.9. The summed E-state index contributed by atoms with van der Waals surface area (Å²) in [5, 5.41) is 21.0. The molecule has 0 saturated carbocycles. The Labute approximate surface area is 199 Å². The highest BCUT2D eigenvalue weighted by atomic mass is 35.5. The van der Waals surface area contributed by atoms with Gasteiger partial charge in [-0.1, -0.05) is 35.7 Å². The summed E-state index contributed by atoms with van der Waals surface area (Å²) in [6.45, 7) is 2.73. The molecule has 0 aromatic heterocycles. The van der Waals surface area contributed by atoms with E-state index in [-0.39, 0.29) is 37.4 Å². The zero-order valence-corrected chi connectivity index (χ0v) is 19.6. The van der Waals surface area contributed by atoms with Gasteiger partial charge in [-0.25, -0.2) is 0 Å². The van der Waals surface area contributed by atoms with Crippen molar-refractivity contribution in [2.45, 2.75) is 37.8 Å². The molecule has 2 atom stereocenters. The SMILES string of the molecule is O=C(C=Cc1ccc(Cl)c(Cl)c1)N1CCC(=O)N(CC(O)CN2CCCCC2CO)CC1. The van der Waals surface area contributed by atoms with Gasteiger partial charge in [0, 0.05) is 51.3 Å². The summed E-state index contributed by atoms with van der Waals surface area (Å²) in [4.78, 5) is 30.6. The van der Waals surface area contributed by atoms with Crippen molar-refractivity contribution in [3.63, 3.8) is 0 Å². The van der Waals surface area contributed by atoms with Gasteiger partial charge < -0.3 is 20.0 Å². The average Bonchev–Trinajstić information content (AvgIpc) is 2.96. The Balaban J connectivity index is 1.52. The van der Waals surface area contributed by atoms with Crippen molar-refractivity contribution in [3.8, 4) is 0 Å². The molecule has 0 aliphatic carbocycles.